The molecule has 0 aliphatic carbocycles. The zero-order valence-electron chi connectivity index (χ0n) is 15.7. The summed E-state index contributed by atoms with van der Waals surface area (Å²) < 4.78 is 4.97. The van der Waals surface area contributed by atoms with Gasteiger partial charge in [-0.25, -0.2) is 14.8 Å². The van der Waals surface area contributed by atoms with E-state index >= 15 is 0 Å². The van der Waals surface area contributed by atoms with E-state index in [-0.39, 0.29) is 11.9 Å². The highest BCUT2D eigenvalue weighted by molar-refractivity contribution is 6.30. The molecule has 0 bridgehead atoms. The molecule has 1 saturated heterocycles. The summed E-state index contributed by atoms with van der Waals surface area (Å²) >= 11 is 6.16. The summed E-state index contributed by atoms with van der Waals surface area (Å²) in [5, 5.41) is 3.53. The number of urea groups is 1. The zero-order chi connectivity index (χ0) is 19.4. The Kier molecular flexibility index (Phi) is 5.96. The Hall–Kier alpha value is -2.60. The van der Waals surface area contributed by atoms with Crippen molar-refractivity contribution in [3.8, 4) is 5.88 Å². The van der Waals surface area contributed by atoms with E-state index in [1.165, 1.54) is 25.1 Å². The summed E-state index contributed by atoms with van der Waals surface area (Å²) in [6, 6.07) is 5.86. The Morgan fingerprint density at radius 3 is 2.78 bits per heavy atom. The van der Waals surface area contributed by atoms with Gasteiger partial charge in [-0.1, -0.05) is 36.2 Å². The number of hydrogen-bond acceptors (Lipinski definition) is 4. The number of methoxy groups -OCH3 is 1. The fourth-order valence-electron chi connectivity index (χ4n) is 3.19. The fraction of sp³-hybridized carbons (Fsp3) is 0.350. The first kappa shape index (κ1) is 19.2. The van der Waals surface area contributed by atoms with Crippen LogP contribution in [-0.2, 0) is 0 Å². The Morgan fingerprint density at radius 2 is 2.15 bits per heavy atom. The quantitative estimate of drug-likeness (QED) is 0.848. The lowest BCUT2D eigenvalue weighted by atomic mass is 9.91. The van der Waals surface area contributed by atoms with Gasteiger partial charge in [-0.3, -0.25) is 5.32 Å². The van der Waals surface area contributed by atoms with Gasteiger partial charge in [-0.2, -0.15) is 0 Å². The van der Waals surface area contributed by atoms with Crippen LogP contribution in [0.1, 0.15) is 24.5 Å². The van der Waals surface area contributed by atoms with Gasteiger partial charge in [0.05, 0.1) is 19.5 Å². The molecule has 1 atom stereocenters. The molecule has 1 unspecified atom stereocenters. The highest BCUT2D eigenvalue weighted by Gasteiger charge is 2.24. The number of anilines is 1. The minimum absolute atomic E-state index is 0.168. The van der Waals surface area contributed by atoms with Crippen molar-refractivity contribution in [3.05, 3.63) is 52.3 Å². The number of ether oxygens (including phenoxy) is 1. The van der Waals surface area contributed by atoms with Crippen LogP contribution in [0.4, 0.5) is 10.6 Å². The van der Waals surface area contributed by atoms with E-state index in [1.807, 2.05) is 19.1 Å². The molecule has 2 aromatic rings. The number of likely N-dealkylation sites (tertiary alicyclic amines) is 1. The standard InChI is InChI=1S/C20H23ClN4O2/c1-13-6-15(9-17(21)7-13)8-16-4-5-25(12-14(16)2)20(26)24-18-10-23-19(27-3)11-22-18/h6-11,14H,4-5,12H2,1-3H3,(H,22,24,26). The fourth-order valence-corrected chi connectivity index (χ4v) is 3.48. The molecule has 6 nitrogen and oxygen atoms in total. The third kappa shape index (κ3) is 4.98. The number of nitrogens with one attached hydrogen (secondary N) is 1. The number of aromatic nitrogens is 2. The molecule has 27 heavy (non-hydrogen) atoms. The van der Waals surface area contributed by atoms with Gasteiger partial charge in [0, 0.05) is 18.1 Å². The third-order valence-electron chi connectivity index (χ3n) is 4.57. The summed E-state index contributed by atoms with van der Waals surface area (Å²) in [5.41, 5.74) is 3.57. The second-order valence-electron chi connectivity index (χ2n) is 6.75. The molecule has 7 heteroatoms. The molecule has 1 aliphatic rings. The van der Waals surface area contributed by atoms with Crippen LogP contribution in [0.3, 0.4) is 0 Å². The average Bonchev–Trinajstić information content (AvgIpc) is 2.63. The number of aryl methyl sites for hydroxylation is 1. The second kappa shape index (κ2) is 8.39. The normalized spacial score (nSPS) is 18.4. The number of halogens is 1. The van der Waals surface area contributed by atoms with Crippen LogP contribution in [0.5, 0.6) is 5.88 Å². The lowest BCUT2D eigenvalue weighted by molar-refractivity contribution is 0.197. The first-order chi connectivity index (χ1) is 12.9. The number of piperidine rings is 1. The van der Waals surface area contributed by atoms with Crippen LogP contribution in [0.25, 0.3) is 6.08 Å². The minimum atomic E-state index is -0.168. The zero-order valence-corrected chi connectivity index (χ0v) is 16.5. The largest absolute Gasteiger partial charge is 0.480 e. The highest BCUT2D eigenvalue weighted by Crippen LogP contribution is 2.26. The molecule has 2 heterocycles. The monoisotopic (exact) mass is 386 g/mol. The van der Waals surface area contributed by atoms with Crippen molar-refractivity contribution in [1.82, 2.24) is 14.9 Å². The molecule has 3 rings (SSSR count). The van der Waals surface area contributed by atoms with Crippen molar-refractivity contribution in [2.24, 2.45) is 5.92 Å². The van der Waals surface area contributed by atoms with Crippen molar-refractivity contribution in [2.75, 3.05) is 25.5 Å². The van der Waals surface area contributed by atoms with Gasteiger partial charge in [-0.05, 0) is 42.5 Å². The Bertz CT molecular complexity index is 831. The van der Waals surface area contributed by atoms with Crippen molar-refractivity contribution in [2.45, 2.75) is 20.3 Å². The topological polar surface area (TPSA) is 67.3 Å². The first-order valence-corrected chi connectivity index (χ1v) is 9.22. The first-order valence-electron chi connectivity index (χ1n) is 8.84. The number of rotatable bonds is 3. The van der Waals surface area contributed by atoms with E-state index in [2.05, 4.69) is 34.4 Å². The van der Waals surface area contributed by atoms with Crippen LogP contribution >= 0.6 is 11.6 Å². The Labute approximate surface area is 164 Å². The number of amides is 2. The van der Waals surface area contributed by atoms with E-state index in [0.717, 1.165) is 22.6 Å². The Morgan fingerprint density at radius 1 is 1.33 bits per heavy atom. The van der Waals surface area contributed by atoms with E-state index < -0.39 is 0 Å². The molecule has 1 N–H and O–H groups in total. The van der Waals surface area contributed by atoms with Gasteiger partial charge < -0.3 is 9.64 Å². The summed E-state index contributed by atoms with van der Waals surface area (Å²) in [7, 11) is 1.52. The van der Waals surface area contributed by atoms with Gasteiger partial charge in [0.15, 0.2) is 5.82 Å². The maximum absolute atomic E-state index is 12.5. The lowest BCUT2D eigenvalue weighted by Crippen LogP contribution is -2.42. The van der Waals surface area contributed by atoms with Crippen molar-refractivity contribution in [1.29, 1.82) is 0 Å². The van der Waals surface area contributed by atoms with Crippen LogP contribution in [0.15, 0.2) is 36.2 Å². The predicted molar refractivity (Wildman–Crippen MR) is 107 cm³/mol. The molecular formula is C20H23ClN4O2. The molecule has 1 fully saturated rings. The minimum Gasteiger partial charge on any atom is -0.480 e. The van der Waals surface area contributed by atoms with Gasteiger partial charge in [0.1, 0.15) is 0 Å². The lowest BCUT2D eigenvalue weighted by Gasteiger charge is -2.33. The summed E-state index contributed by atoms with van der Waals surface area (Å²) in [6.45, 7) is 5.48. The van der Waals surface area contributed by atoms with Gasteiger partial charge in [-0.15, -0.1) is 0 Å². The summed E-state index contributed by atoms with van der Waals surface area (Å²) in [5.74, 6) is 1.08. The highest BCUT2D eigenvalue weighted by atomic mass is 35.5. The van der Waals surface area contributed by atoms with Gasteiger partial charge in [0.2, 0.25) is 5.88 Å². The maximum Gasteiger partial charge on any atom is 0.323 e. The van der Waals surface area contributed by atoms with Gasteiger partial charge >= 0.3 is 6.03 Å². The van der Waals surface area contributed by atoms with Crippen molar-refractivity contribution < 1.29 is 9.53 Å². The molecule has 0 spiro atoms. The van der Waals surface area contributed by atoms with Crippen LogP contribution in [-0.4, -0.2) is 41.1 Å². The number of carbonyl (C=O) groups excluding carboxylic acids is 1. The third-order valence-corrected chi connectivity index (χ3v) is 4.79. The molecular weight excluding hydrogens is 364 g/mol. The number of hydrogen-bond donors (Lipinski definition) is 1. The molecule has 142 valence electrons. The molecule has 1 aromatic carbocycles. The van der Waals surface area contributed by atoms with E-state index in [1.54, 1.807) is 4.90 Å². The van der Waals surface area contributed by atoms with Crippen LogP contribution in [0.2, 0.25) is 5.02 Å². The maximum atomic E-state index is 12.5. The number of nitrogens with zero attached hydrogens (tertiary/aromatic N) is 3. The second-order valence-corrected chi connectivity index (χ2v) is 7.19. The molecule has 2 amide bonds. The predicted octanol–water partition coefficient (Wildman–Crippen LogP) is 4.40. The van der Waals surface area contributed by atoms with E-state index in [9.17, 15) is 4.79 Å². The van der Waals surface area contributed by atoms with Crippen LogP contribution < -0.4 is 10.1 Å². The molecule has 0 radical (unpaired) electrons. The van der Waals surface area contributed by atoms with Crippen molar-refractivity contribution >= 4 is 29.5 Å². The smallest absolute Gasteiger partial charge is 0.323 e. The molecule has 1 aromatic heterocycles. The Balaban J connectivity index is 1.63. The average molecular weight is 387 g/mol. The van der Waals surface area contributed by atoms with Crippen LogP contribution in [0, 0.1) is 12.8 Å². The van der Waals surface area contributed by atoms with E-state index in [0.29, 0.717) is 24.8 Å². The molecule has 0 saturated carbocycles. The van der Waals surface area contributed by atoms with E-state index in [4.69, 9.17) is 16.3 Å². The summed E-state index contributed by atoms with van der Waals surface area (Å²) in [6.07, 6.45) is 5.97. The number of benzene rings is 1. The summed E-state index contributed by atoms with van der Waals surface area (Å²) in [4.78, 5) is 22.5. The molecule has 1 aliphatic heterocycles. The number of carbonyl (C=O) groups is 1. The van der Waals surface area contributed by atoms with Crippen molar-refractivity contribution in [3.63, 3.8) is 0 Å². The SMILES string of the molecule is COc1cnc(NC(=O)N2CCC(=Cc3cc(C)cc(Cl)c3)C(C)C2)cn1. The van der Waals surface area contributed by atoms with Gasteiger partial charge in [0.25, 0.3) is 0 Å².